The van der Waals surface area contributed by atoms with Crippen LogP contribution in [0.4, 0.5) is 0 Å². The van der Waals surface area contributed by atoms with Gasteiger partial charge in [0.2, 0.25) is 5.91 Å². The number of likely N-dealkylation sites (N-methyl/N-ethyl adjacent to an activating group) is 1. The maximum atomic E-state index is 12.8. The fraction of sp³-hybridized carbons (Fsp3) is 0.333. The molecule has 2 aromatic rings. The van der Waals surface area contributed by atoms with Crippen LogP contribution >= 0.6 is 0 Å². The van der Waals surface area contributed by atoms with E-state index in [1.54, 1.807) is 6.20 Å². The second-order valence-electron chi connectivity index (χ2n) is 5.00. The van der Waals surface area contributed by atoms with Crippen LogP contribution in [0.25, 0.3) is 0 Å². The van der Waals surface area contributed by atoms with Crippen LogP contribution in [0.2, 0.25) is 0 Å². The lowest BCUT2D eigenvalue weighted by Crippen LogP contribution is -2.35. The van der Waals surface area contributed by atoms with E-state index in [4.69, 9.17) is 0 Å². The molecule has 1 amide bonds. The van der Waals surface area contributed by atoms with E-state index in [9.17, 15) is 4.79 Å². The van der Waals surface area contributed by atoms with Gasteiger partial charge in [-0.05, 0) is 31.5 Å². The molecule has 0 aliphatic carbocycles. The summed E-state index contributed by atoms with van der Waals surface area (Å²) in [5.41, 5.74) is 2.01. The summed E-state index contributed by atoms with van der Waals surface area (Å²) in [6, 6.07) is 15.8. The molecule has 1 heterocycles. The molecule has 0 bridgehead atoms. The third-order valence-corrected chi connectivity index (χ3v) is 3.71. The minimum Gasteiger partial charge on any atom is -0.343 e. The Balaban J connectivity index is 2.29. The van der Waals surface area contributed by atoms with Crippen molar-refractivity contribution in [3.63, 3.8) is 0 Å². The third-order valence-electron chi connectivity index (χ3n) is 3.71. The molecular weight excluding hydrogens is 260 g/mol. The Kier molecular flexibility index (Phi) is 5.50. The molecule has 1 atom stereocenters. The molecule has 21 heavy (non-hydrogen) atoms. The van der Waals surface area contributed by atoms with Gasteiger partial charge < -0.3 is 4.90 Å². The summed E-state index contributed by atoms with van der Waals surface area (Å²) < 4.78 is 0. The van der Waals surface area contributed by atoms with Gasteiger partial charge in [0.25, 0.3) is 0 Å². The van der Waals surface area contributed by atoms with Crippen molar-refractivity contribution in [2.45, 2.75) is 26.2 Å². The number of aromatic nitrogens is 1. The highest BCUT2D eigenvalue weighted by atomic mass is 16.2. The smallest absolute Gasteiger partial charge is 0.230 e. The summed E-state index contributed by atoms with van der Waals surface area (Å²) in [6.07, 6.45) is 2.42. The van der Waals surface area contributed by atoms with E-state index in [-0.39, 0.29) is 11.8 Å². The molecule has 0 fully saturated rings. The number of hydrogen-bond acceptors (Lipinski definition) is 2. The predicted octanol–water partition coefficient (Wildman–Crippen LogP) is 3.28. The maximum absolute atomic E-state index is 12.8. The molecule has 3 heteroatoms. The Morgan fingerprint density at radius 3 is 2.29 bits per heavy atom. The van der Waals surface area contributed by atoms with Gasteiger partial charge in [-0.3, -0.25) is 9.78 Å². The molecule has 0 saturated heterocycles. The highest BCUT2D eigenvalue weighted by Gasteiger charge is 2.24. The second-order valence-corrected chi connectivity index (χ2v) is 5.00. The normalized spacial score (nSPS) is 11.9. The van der Waals surface area contributed by atoms with E-state index in [1.807, 2.05) is 67.3 Å². The van der Waals surface area contributed by atoms with Crippen molar-refractivity contribution in [1.29, 1.82) is 0 Å². The Morgan fingerprint density at radius 2 is 1.71 bits per heavy atom. The summed E-state index contributed by atoms with van der Waals surface area (Å²) in [5, 5.41) is 0. The van der Waals surface area contributed by atoms with Crippen LogP contribution in [0.1, 0.15) is 31.0 Å². The molecule has 0 N–H and O–H groups in total. The Hall–Kier alpha value is -2.16. The van der Waals surface area contributed by atoms with Gasteiger partial charge in [-0.15, -0.1) is 0 Å². The molecular formula is C18H22N2O. The van der Waals surface area contributed by atoms with E-state index in [0.29, 0.717) is 6.42 Å². The van der Waals surface area contributed by atoms with Gasteiger partial charge in [0, 0.05) is 31.4 Å². The van der Waals surface area contributed by atoms with E-state index >= 15 is 0 Å². The lowest BCUT2D eigenvalue weighted by molar-refractivity contribution is -0.132. The number of hydrogen-bond donors (Lipinski definition) is 0. The number of benzene rings is 1. The van der Waals surface area contributed by atoms with Crippen molar-refractivity contribution in [1.82, 2.24) is 9.88 Å². The van der Waals surface area contributed by atoms with Gasteiger partial charge in [-0.1, -0.05) is 36.4 Å². The summed E-state index contributed by atoms with van der Waals surface area (Å²) in [5.74, 6) is 0.0119. The Labute approximate surface area is 126 Å². The van der Waals surface area contributed by atoms with Crippen molar-refractivity contribution in [2.24, 2.45) is 0 Å². The molecule has 1 aromatic heterocycles. The molecule has 1 aromatic carbocycles. The minimum atomic E-state index is -0.166. The average Bonchev–Trinajstić information content (AvgIpc) is 2.55. The average molecular weight is 282 g/mol. The Morgan fingerprint density at radius 1 is 1.05 bits per heavy atom. The van der Waals surface area contributed by atoms with Crippen LogP contribution in [0.3, 0.4) is 0 Å². The topological polar surface area (TPSA) is 33.2 Å². The number of carbonyl (C=O) groups is 1. The van der Waals surface area contributed by atoms with Gasteiger partial charge in [0.1, 0.15) is 0 Å². The van der Waals surface area contributed by atoms with E-state index in [0.717, 1.165) is 24.3 Å². The zero-order valence-electron chi connectivity index (χ0n) is 12.7. The number of amides is 1. The molecule has 3 nitrogen and oxygen atoms in total. The molecule has 1 unspecified atom stereocenters. The lowest BCUT2D eigenvalue weighted by atomic mass is 9.92. The van der Waals surface area contributed by atoms with E-state index < -0.39 is 0 Å². The Bertz CT molecular complexity index is 550. The number of pyridine rings is 1. The highest BCUT2D eigenvalue weighted by molar-refractivity contribution is 5.84. The van der Waals surface area contributed by atoms with Crippen LogP contribution in [-0.4, -0.2) is 28.9 Å². The SMILES string of the molecule is CCN(CC)C(=O)C(Cc1ccccn1)c1ccccc1. The number of rotatable bonds is 6. The molecule has 0 saturated carbocycles. The summed E-state index contributed by atoms with van der Waals surface area (Å²) in [7, 11) is 0. The minimum absolute atomic E-state index is 0.166. The lowest BCUT2D eigenvalue weighted by Gasteiger charge is -2.25. The maximum Gasteiger partial charge on any atom is 0.230 e. The van der Waals surface area contributed by atoms with Gasteiger partial charge in [-0.2, -0.15) is 0 Å². The van der Waals surface area contributed by atoms with Gasteiger partial charge in [-0.25, -0.2) is 0 Å². The number of nitrogens with zero attached hydrogens (tertiary/aromatic N) is 2. The molecule has 110 valence electrons. The van der Waals surface area contributed by atoms with Gasteiger partial charge in [0.15, 0.2) is 0 Å². The first-order valence-electron chi connectivity index (χ1n) is 7.49. The van der Waals surface area contributed by atoms with Crippen molar-refractivity contribution < 1.29 is 4.79 Å². The number of carbonyl (C=O) groups excluding carboxylic acids is 1. The van der Waals surface area contributed by atoms with Crippen LogP contribution in [0.15, 0.2) is 54.7 Å². The zero-order valence-corrected chi connectivity index (χ0v) is 12.7. The van der Waals surface area contributed by atoms with Crippen molar-refractivity contribution in [2.75, 3.05) is 13.1 Å². The quantitative estimate of drug-likeness (QED) is 0.814. The largest absolute Gasteiger partial charge is 0.343 e. The second kappa shape index (κ2) is 7.58. The molecule has 0 radical (unpaired) electrons. The monoisotopic (exact) mass is 282 g/mol. The molecule has 2 rings (SSSR count). The molecule has 0 spiro atoms. The fourth-order valence-corrected chi connectivity index (χ4v) is 2.52. The molecule has 0 aliphatic rings. The summed E-state index contributed by atoms with van der Waals surface area (Å²) in [6.45, 7) is 5.51. The fourth-order valence-electron chi connectivity index (χ4n) is 2.52. The van der Waals surface area contributed by atoms with Crippen molar-refractivity contribution in [3.8, 4) is 0 Å². The van der Waals surface area contributed by atoms with Crippen LogP contribution in [-0.2, 0) is 11.2 Å². The van der Waals surface area contributed by atoms with E-state index in [2.05, 4.69) is 4.98 Å². The van der Waals surface area contributed by atoms with Crippen molar-refractivity contribution >= 4 is 5.91 Å². The van der Waals surface area contributed by atoms with Crippen LogP contribution in [0.5, 0.6) is 0 Å². The first kappa shape index (κ1) is 15.2. The summed E-state index contributed by atoms with van der Waals surface area (Å²) >= 11 is 0. The van der Waals surface area contributed by atoms with Crippen LogP contribution < -0.4 is 0 Å². The van der Waals surface area contributed by atoms with Gasteiger partial charge >= 0.3 is 0 Å². The first-order valence-corrected chi connectivity index (χ1v) is 7.49. The zero-order chi connectivity index (χ0) is 15.1. The standard InChI is InChI=1S/C18H22N2O/c1-3-20(4-2)18(21)17(15-10-6-5-7-11-15)14-16-12-8-9-13-19-16/h5-13,17H,3-4,14H2,1-2H3. The van der Waals surface area contributed by atoms with Gasteiger partial charge in [0.05, 0.1) is 5.92 Å². The van der Waals surface area contributed by atoms with E-state index in [1.165, 1.54) is 0 Å². The highest BCUT2D eigenvalue weighted by Crippen LogP contribution is 2.22. The van der Waals surface area contributed by atoms with Crippen LogP contribution in [0, 0.1) is 0 Å². The summed E-state index contributed by atoms with van der Waals surface area (Å²) in [4.78, 5) is 19.1. The third kappa shape index (κ3) is 3.91. The van der Waals surface area contributed by atoms with Crippen molar-refractivity contribution in [3.05, 3.63) is 66.0 Å². The molecule has 0 aliphatic heterocycles. The first-order chi connectivity index (χ1) is 10.3. The predicted molar refractivity (Wildman–Crippen MR) is 85.1 cm³/mol.